The molecule has 1 N–H and O–H groups in total. The highest BCUT2D eigenvalue weighted by Crippen LogP contribution is 2.45. The number of aryl methyl sites for hydroxylation is 1. The van der Waals surface area contributed by atoms with Gasteiger partial charge in [-0.15, -0.1) is 0 Å². The number of nitrogens with zero attached hydrogens (tertiary/aromatic N) is 3. The third-order valence-corrected chi connectivity index (χ3v) is 6.94. The molecule has 5 nitrogen and oxygen atoms in total. The molecule has 2 fully saturated rings. The molecule has 5 heteroatoms. The van der Waals surface area contributed by atoms with Gasteiger partial charge in [0, 0.05) is 44.4 Å². The van der Waals surface area contributed by atoms with Crippen LogP contribution in [0.15, 0.2) is 41.1 Å². The number of hydrogen-bond acceptors (Lipinski definition) is 5. The maximum Gasteiger partial charge on any atom is 0.118 e. The SMILES string of the molecule is CCc1ccc(CN2CCC3(CCN(Cc4ccncc4)CC3)C(CO)C2)o1. The quantitative estimate of drug-likeness (QED) is 0.829. The average Bonchev–Trinajstić information content (AvgIpc) is 3.19. The summed E-state index contributed by atoms with van der Waals surface area (Å²) in [5, 5.41) is 10.2. The fourth-order valence-electron chi connectivity index (χ4n) is 5.06. The topological polar surface area (TPSA) is 52.7 Å². The summed E-state index contributed by atoms with van der Waals surface area (Å²) in [6.07, 6.45) is 8.26. The maximum atomic E-state index is 10.2. The van der Waals surface area contributed by atoms with Crippen LogP contribution in [0.3, 0.4) is 0 Å². The van der Waals surface area contributed by atoms with E-state index < -0.39 is 0 Å². The highest BCUT2D eigenvalue weighted by molar-refractivity contribution is 5.10. The molecule has 1 unspecified atom stereocenters. The van der Waals surface area contributed by atoms with Crippen molar-refractivity contribution in [2.24, 2.45) is 11.3 Å². The summed E-state index contributed by atoms with van der Waals surface area (Å²) in [6.45, 7) is 8.60. The van der Waals surface area contributed by atoms with Gasteiger partial charge >= 0.3 is 0 Å². The lowest BCUT2D eigenvalue weighted by Crippen LogP contribution is -2.53. The fraction of sp³-hybridized carbons (Fsp3) is 0.609. The number of aromatic nitrogens is 1. The van der Waals surface area contributed by atoms with Crippen LogP contribution >= 0.6 is 0 Å². The van der Waals surface area contributed by atoms with Crippen molar-refractivity contribution in [1.82, 2.24) is 14.8 Å². The number of pyridine rings is 1. The Kier molecular flexibility index (Phi) is 6.14. The van der Waals surface area contributed by atoms with E-state index in [1.165, 1.54) is 24.8 Å². The summed E-state index contributed by atoms with van der Waals surface area (Å²) in [7, 11) is 0. The Morgan fingerprint density at radius 2 is 1.68 bits per heavy atom. The van der Waals surface area contributed by atoms with Crippen LogP contribution in [-0.2, 0) is 19.5 Å². The van der Waals surface area contributed by atoms with E-state index in [4.69, 9.17) is 4.42 Å². The molecule has 0 saturated carbocycles. The van der Waals surface area contributed by atoms with Crippen LogP contribution in [0.1, 0.15) is 43.3 Å². The van der Waals surface area contributed by atoms with Gasteiger partial charge in [-0.3, -0.25) is 14.8 Å². The molecule has 28 heavy (non-hydrogen) atoms. The van der Waals surface area contributed by atoms with Gasteiger partial charge in [0.2, 0.25) is 0 Å². The van der Waals surface area contributed by atoms with E-state index >= 15 is 0 Å². The largest absolute Gasteiger partial charge is 0.465 e. The van der Waals surface area contributed by atoms with Crippen LogP contribution in [0.25, 0.3) is 0 Å². The molecule has 2 aromatic rings. The number of aliphatic hydroxyl groups is 1. The number of furan rings is 1. The molecule has 2 saturated heterocycles. The molecule has 4 heterocycles. The van der Waals surface area contributed by atoms with Gasteiger partial charge in [0.05, 0.1) is 6.54 Å². The van der Waals surface area contributed by atoms with Gasteiger partial charge in [-0.05, 0) is 74.1 Å². The van der Waals surface area contributed by atoms with Gasteiger partial charge in [0.25, 0.3) is 0 Å². The molecule has 152 valence electrons. The third kappa shape index (κ3) is 4.32. The second kappa shape index (κ2) is 8.76. The molecule has 0 aliphatic carbocycles. The second-order valence-electron chi connectivity index (χ2n) is 8.58. The Morgan fingerprint density at radius 3 is 2.32 bits per heavy atom. The van der Waals surface area contributed by atoms with Gasteiger partial charge in [-0.25, -0.2) is 0 Å². The van der Waals surface area contributed by atoms with Crippen molar-refractivity contribution in [3.8, 4) is 0 Å². The van der Waals surface area contributed by atoms with Crippen molar-refractivity contribution in [2.75, 3.05) is 32.8 Å². The zero-order valence-corrected chi connectivity index (χ0v) is 17.0. The Labute approximate surface area is 168 Å². The zero-order chi connectivity index (χ0) is 19.4. The highest BCUT2D eigenvalue weighted by atomic mass is 16.3. The summed E-state index contributed by atoms with van der Waals surface area (Å²) in [5.41, 5.74) is 1.64. The fourth-order valence-corrected chi connectivity index (χ4v) is 5.06. The number of hydrogen-bond donors (Lipinski definition) is 1. The smallest absolute Gasteiger partial charge is 0.118 e. The lowest BCUT2D eigenvalue weighted by Gasteiger charge is -2.51. The minimum Gasteiger partial charge on any atom is -0.465 e. The molecule has 0 aromatic carbocycles. The molecule has 2 aromatic heterocycles. The van der Waals surface area contributed by atoms with E-state index in [0.29, 0.717) is 17.9 Å². The molecule has 0 bridgehead atoms. The predicted molar refractivity (Wildman–Crippen MR) is 110 cm³/mol. The molecule has 1 atom stereocenters. The van der Waals surface area contributed by atoms with Crippen molar-refractivity contribution in [3.63, 3.8) is 0 Å². The Bertz CT molecular complexity index is 737. The molecular weight excluding hydrogens is 350 g/mol. The highest BCUT2D eigenvalue weighted by Gasteiger charge is 2.44. The lowest BCUT2D eigenvalue weighted by molar-refractivity contribution is -0.0462. The minimum atomic E-state index is 0.291. The van der Waals surface area contributed by atoms with E-state index in [2.05, 4.69) is 46.0 Å². The van der Waals surface area contributed by atoms with Gasteiger partial charge < -0.3 is 9.52 Å². The Hall–Kier alpha value is -1.69. The van der Waals surface area contributed by atoms with E-state index in [1.54, 1.807) is 0 Å². The van der Waals surface area contributed by atoms with E-state index in [9.17, 15) is 5.11 Å². The molecular formula is C23H33N3O2. The zero-order valence-electron chi connectivity index (χ0n) is 17.0. The number of piperidine rings is 2. The average molecular weight is 384 g/mol. The van der Waals surface area contributed by atoms with Crippen molar-refractivity contribution < 1.29 is 9.52 Å². The molecule has 0 radical (unpaired) electrons. The van der Waals surface area contributed by atoms with Crippen LogP contribution in [0.5, 0.6) is 0 Å². The minimum absolute atomic E-state index is 0.291. The number of likely N-dealkylation sites (tertiary alicyclic amines) is 2. The van der Waals surface area contributed by atoms with Crippen LogP contribution in [0.2, 0.25) is 0 Å². The summed E-state index contributed by atoms with van der Waals surface area (Å²) in [5.74, 6) is 2.48. The van der Waals surface area contributed by atoms with E-state index in [-0.39, 0.29) is 0 Å². The van der Waals surface area contributed by atoms with E-state index in [0.717, 1.165) is 57.2 Å². The van der Waals surface area contributed by atoms with E-state index in [1.807, 2.05) is 12.4 Å². The number of aliphatic hydroxyl groups excluding tert-OH is 1. The van der Waals surface area contributed by atoms with Crippen LogP contribution in [0.4, 0.5) is 0 Å². The molecule has 2 aliphatic rings. The molecule has 0 amide bonds. The van der Waals surface area contributed by atoms with Gasteiger partial charge in [0.15, 0.2) is 0 Å². The normalized spacial score (nSPS) is 23.3. The summed E-state index contributed by atoms with van der Waals surface area (Å²) < 4.78 is 5.90. The standard InChI is InChI=1S/C23H33N3O2/c1-2-21-3-4-22(28-21)17-26-14-9-23(20(16-26)18-27)7-12-25(13-8-23)15-19-5-10-24-11-6-19/h3-6,10-11,20,27H,2,7-9,12-18H2,1H3. The van der Waals surface area contributed by atoms with Crippen LogP contribution in [0, 0.1) is 11.3 Å². The summed E-state index contributed by atoms with van der Waals surface area (Å²) >= 11 is 0. The van der Waals surface area contributed by atoms with Gasteiger partial charge in [-0.1, -0.05) is 6.92 Å². The first-order valence-electron chi connectivity index (χ1n) is 10.7. The third-order valence-electron chi connectivity index (χ3n) is 6.94. The molecule has 2 aliphatic heterocycles. The monoisotopic (exact) mass is 383 g/mol. The van der Waals surface area contributed by atoms with Crippen LogP contribution < -0.4 is 0 Å². The lowest BCUT2D eigenvalue weighted by atomic mass is 9.64. The first-order valence-corrected chi connectivity index (χ1v) is 10.7. The Balaban J connectivity index is 1.33. The first-order chi connectivity index (χ1) is 13.7. The van der Waals surface area contributed by atoms with Gasteiger partial charge in [-0.2, -0.15) is 0 Å². The molecule has 4 rings (SSSR count). The Morgan fingerprint density at radius 1 is 1.00 bits per heavy atom. The number of rotatable bonds is 6. The summed E-state index contributed by atoms with van der Waals surface area (Å²) in [4.78, 5) is 9.13. The second-order valence-corrected chi connectivity index (χ2v) is 8.58. The first kappa shape index (κ1) is 19.6. The molecule has 1 spiro atoms. The van der Waals surface area contributed by atoms with Crippen molar-refractivity contribution in [1.29, 1.82) is 0 Å². The maximum absolute atomic E-state index is 10.2. The predicted octanol–water partition coefficient (Wildman–Crippen LogP) is 3.33. The van der Waals surface area contributed by atoms with Crippen LogP contribution in [-0.4, -0.2) is 52.7 Å². The van der Waals surface area contributed by atoms with Gasteiger partial charge in [0.1, 0.15) is 11.5 Å². The summed E-state index contributed by atoms with van der Waals surface area (Å²) in [6, 6.07) is 8.41. The van der Waals surface area contributed by atoms with Crippen molar-refractivity contribution in [3.05, 3.63) is 53.7 Å². The van der Waals surface area contributed by atoms with Crippen molar-refractivity contribution in [2.45, 2.75) is 45.7 Å². The van der Waals surface area contributed by atoms with Crippen molar-refractivity contribution >= 4 is 0 Å².